The summed E-state index contributed by atoms with van der Waals surface area (Å²) < 4.78 is 6.36. The van der Waals surface area contributed by atoms with Crippen molar-refractivity contribution in [2.45, 2.75) is 72.0 Å². The van der Waals surface area contributed by atoms with Gasteiger partial charge in [0.25, 0.3) is 0 Å². The van der Waals surface area contributed by atoms with Crippen LogP contribution in [0.15, 0.2) is 0 Å². The van der Waals surface area contributed by atoms with Crippen LogP contribution in [0.4, 0.5) is 0 Å². The van der Waals surface area contributed by atoms with Crippen LogP contribution < -0.4 is 5.32 Å². The number of nitrogens with one attached hydrogen (secondary N) is 1. The second kappa shape index (κ2) is 6.88. The highest BCUT2D eigenvalue weighted by atomic mass is 16.5. The van der Waals surface area contributed by atoms with Crippen molar-refractivity contribution < 1.29 is 9.53 Å². The molecule has 0 aromatic rings. The molecule has 4 heteroatoms. The van der Waals surface area contributed by atoms with E-state index >= 15 is 0 Å². The molecule has 1 N–H and O–H groups in total. The lowest BCUT2D eigenvalue weighted by atomic mass is 9.87. The molecule has 0 saturated carbocycles. The van der Waals surface area contributed by atoms with Gasteiger partial charge in [0.05, 0.1) is 11.7 Å². The number of rotatable bonds is 4. The maximum atomic E-state index is 11.7. The molecule has 0 aliphatic carbocycles. The molecule has 0 bridgehead atoms. The predicted octanol–water partition coefficient (Wildman–Crippen LogP) is 2.82. The van der Waals surface area contributed by atoms with Gasteiger partial charge in [-0.3, -0.25) is 4.79 Å². The van der Waals surface area contributed by atoms with Gasteiger partial charge in [-0.05, 0) is 31.1 Å². The number of amides is 1. The molecule has 0 aromatic carbocycles. The Balaban J connectivity index is 1.75. The molecule has 0 aromatic heterocycles. The Bertz CT molecular complexity index is 379. The van der Waals surface area contributed by atoms with Crippen molar-refractivity contribution in [3.05, 3.63) is 0 Å². The van der Waals surface area contributed by atoms with Crippen LogP contribution in [0.2, 0.25) is 0 Å². The summed E-state index contributed by atoms with van der Waals surface area (Å²) in [7, 11) is 0. The average molecular weight is 310 g/mol. The second-order valence-corrected chi connectivity index (χ2v) is 8.70. The van der Waals surface area contributed by atoms with Crippen LogP contribution in [-0.2, 0) is 9.53 Å². The number of likely N-dealkylation sites (tertiary alicyclic amines) is 1. The minimum absolute atomic E-state index is 0.0519. The van der Waals surface area contributed by atoms with Crippen LogP contribution in [-0.4, -0.2) is 48.7 Å². The minimum Gasteiger partial charge on any atom is -0.370 e. The van der Waals surface area contributed by atoms with E-state index in [4.69, 9.17) is 4.74 Å². The standard InChI is InChI=1S/C18H34N2O2/c1-14(2)16(21)19-12-15-6-7-18(22-15)8-10-20(11-9-18)13-17(3,4)5/h14-15H,6-13H2,1-5H3,(H,19,21). The van der Waals surface area contributed by atoms with Gasteiger partial charge in [0, 0.05) is 32.1 Å². The van der Waals surface area contributed by atoms with Crippen molar-refractivity contribution in [3.63, 3.8) is 0 Å². The van der Waals surface area contributed by atoms with Gasteiger partial charge in [0.1, 0.15) is 0 Å². The van der Waals surface area contributed by atoms with E-state index in [0.29, 0.717) is 12.0 Å². The van der Waals surface area contributed by atoms with Crippen LogP contribution in [0, 0.1) is 11.3 Å². The van der Waals surface area contributed by atoms with Crippen LogP contribution in [0.3, 0.4) is 0 Å². The summed E-state index contributed by atoms with van der Waals surface area (Å²) in [6, 6.07) is 0. The highest BCUT2D eigenvalue weighted by Crippen LogP contribution is 2.39. The van der Waals surface area contributed by atoms with E-state index in [9.17, 15) is 4.79 Å². The topological polar surface area (TPSA) is 41.6 Å². The third kappa shape index (κ3) is 4.95. The molecule has 1 spiro atoms. The van der Waals surface area contributed by atoms with Crippen molar-refractivity contribution in [1.29, 1.82) is 0 Å². The molecular formula is C18H34N2O2. The average Bonchev–Trinajstić information content (AvgIpc) is 2.81. The molecule has 2 rings (SSSR count). The predicted molar refractivity (Wildman–Crippen MR) is 89.8 cm³/mol. The lowest BCUT2D eigenvalue weighted by molar-refractivity contribution is -0.125. The van der Waals surface area contributed by atoms with Gasteiger partial charge in [-0.1, -0.05) is 34.6 Å². The number of ether oxygens (including phenoxy) is 1. The fourth-order valence-electron chi connectivity index (χ4n) is 3.62. The highest BCUT2D eigenvalue weighted by Gasteiger charge is 2.42. The largest absolute Gasteiger partial charge is 0.370 e. The number of piperidine rings is 1. The Morgan fingerprint density at radius 2 is 1.91 bits per heavy atom. The van der Waals surface area contributed by atoms with Gasteiger partial charge in [0.15, 0.2) is 0 Å². The van der Waals surface area contributed by atoms with E-state index in [1.54, 1.807) is 0 Å². The molecule has 4 nitrogen and oxygen atoms in total. The summed E-state index contributed by atoms with van der Waals surface area (Å²) in [5, 5.41) is 3.01. The Labute approximate surface area is 136 Å². The molecule has 2 aliphatic rings. The lowest BCUT2D eigenvalue weighted by Gasteiger charge is -2.41. The Morgan fingerprint density at radius 1 is 1.27 bits per heavy atom. The number of hydrogen-bond donors (Lipinski definition) is 1. The summed E-state index contributed by atoms with van der Waals surface area (Å²) >= 11 is 0. The minimum atomic E-state index is 0.0519. The zero-order valence-electron chi connectivity index (χ0n) is 15.1. The van der Waals surface area contributed by atoms with Crippen molar-refractivity contribution in [2.75, 3.05) is 26.2 Å². The summed E-state index contributed by atoms with van der Waals surface area (Å²) in [4.78, 5) is 14.2. The molecule has 1 amide bonds. The van der Waals surface area contributed by atoms with Crippen molar-refractivity contribution in [2.24, 2.45) is 11.3 Å². The van der Waals surface area contributed by atoms with Crippen molar-refractivity contribution in [1.82, 2.24) is 10.2 Å². The van der Waals surface area contributed by atoms with E-state index in [0.717, 1.165) is 45.3 Å². The SMILES string of the molecule is CC(C)C(=O)NCC1CCC2(CCN(CC(C)(C)C)CC2)O1. The fourth-order valence-corrected chi connectivity index (χ4v) is 3.62. The van der Waals surface area contributed by atoms with Crippen molar-refractivity contribution >= 4 is 5.91 Å². The molecule has 2 heterocycles. The Hall–Kier alpha value is -0.610. The third-order valence-corrected chi connectivity index (χ3v) is 4.83. The normalized spacial score (nSPS) is 25.8. The highest BCUT2D eigenvalue weighted by molar-refractivity contribution is 5.77. The van der Waals surface area contributed by atoms with Crippen LogP contribution in [0.1, 0.15) is 60.3 Å². The Morgan fingerprint density at radius 3 is 2.45 bits per heavy atom. The zero-order chi connectivity index (χ0) is 16.4. The Kier molecular flexibility index (Phi) is 5.54. The quantitative estimate of drug-likeness (QED) is 0.868. The van der Waals surface area contributed by atoms with Gasteiger partial charge in [0.2, 0.25) is 5.91 Å². The molecular weight excluding hydrogens is 276 g/mol. The van der Waals surface area contributed by atoms with Gasteiger partial charge < -0.3 is 15.0 Å². The second-order valence-electron chi connectivity index (χ2n) is 8.70. The smallest absolute Gasteiger partial charge is 0.222 e. The maximum Gasteiger partial charge on any atom is 0.222 e. The van der Waals surface area contributed by atoms with Gasteiger partial charge >= 0.3 is 0 Å². The van der Waals surface area contributed by atoms with E-state index in [2.05, 4.69) is 31.0 Å². The van der Waals surface area contributed by atoms with E-state index in [1.165, 1.54) is 0 Å². The van der Waals surface area contributed by atoms with Gasteiger partial charge in [-0.25, -0.2) is 0 Å². The molecule has 2 aliphatic heterocycles. The molecule has 2 fully saturated rings. The number of nitrogens with zero attached hydrogens (tertiary/aromatic N) is 1. The van der Waals surface area contributed by atoms with Gasteiger partial charge in [-0.15, -0.1) is 0 Å². The lowest BCUT2D eigenvalue weighted by Crippen LogP contribution is -2.47. The monoisotopic (exact) mass is 310 g/mol. The van der Waals surface area contributed by atoms with Crippen molar-refractivity contribution in [3.8, 4) is 0 Å². The van der Waals surface area contributed by atoms with E-state index < -0.39 is 0 Å². The number of carbonyl (C=O) groups is 1. The van der Waals surface area contributed by atoms with Gasteiger partial charge in [-0.2, -0.15) is 0 Å². The first-order valence-corrected chi connectivity index (χ1v) is 8.87. The summed E-state index contributed by atoms with van der Waals surface area (Å²) in [5.41, 5.74) is 0.451. The van der Waals surface area contributed by atoms with E-state index in [1.807, 2.05) is 13.8 Å². The first-order chi connectivity index (χ1) is 10.2. The molecule has 22 heavy (non-hydrogen) atoms. The number of hydrogen-bond acceptors (Lipinski definition) is 3. The molecule has 128 valence electrons. The summed E-state index contributed by atoms with van der Waals surface area (Å²) in [5.74, 6) is 0.181. The van der Waals surface area contributed by atoms with E-state index in [-0.39, 0.29) is 23.5 Å². The van der Waals surface area contributed by atoms with Crippen LogP contribution in [0.5, 0.6) is 0 Å². The number of carbonyl (C=O) groups excluding carboxylic acids is 1. The molecule has 1 atom stereocenters. The van der Waals surface area contributed by atoms with Crippen LogP contribution >= 0.6 is 0 Å². The molecule has 1 unspecified atom stereocenters. The first kappa shape index (κ1) is 17.7. The van der Waals surface area contributed by atoms with Crippen LogP contribution in [0.25, 0.3) is 0 Å². The first-order valence-electron chi connectivity index (χ1n) is 8.87. The maximum absolute atomic E-state index is 11.7. The fraction of sp³-hybridized carbons (Fsp3) is 0.944. The molecule has 0 radical (unpaired) electrons. The molecule has 2 saturated heterocycles. The third-order valence-electron chi connectivity index (χ3n) is 4.83. The summed E-state index contributed by atoms with van der Waals surface area (Å²) in [6.07, 6.45) is 4.71. The summed E-state index contributed by atoms with van der Waals surface area (Å²) in [6.45, 7) is 14.9. The zero-order valence-corrected chi connectivity index (χ0v) is 15.1.